The maximum atomic E-state index is 12.8. The average molecular weight is 457 g/mol. The summed E-state index contributed by atoms with van der Waals surface area (Å²) < 4.78 is 10.8. The van der Waals surface area contributed by atoms with E-state index in [0.717, 1.165) is 16.7 Å². The molecule has 2 aromatic heterocycles. The van der Waals surface area contributed by atoms with Crippen LogP contribution in [-0.4, -0.2) is 21.2 Å². The fourth-order valence-corrected chi connectivity index (χ4v) is 3.38. The van der Waals surface area contributed by atoms with Gasteiger partial charge in [-0.1, -0.05) is 63.9 Å². The molecule has 0 spiro atoms. The van der Waals surface area contributed by atoms with E-state index in [1.807, 2.05) is 37.3 Å². The Kier molecular flexibility index (Phi) is 5.46. The van der Waals surface area contributed by atoms with Gasteiger partial charge in [0.05, 0.1) is 11.3 Å². The summed E-state index contributed by atoms with van der Waals surface area (Å²) in [5.74, 6) is 0.790. The van der Waals surface area contributed by atoms with Gasteiger partial charge in [0, 0.05) is 22.2 Å². The lowest BCUT2D eigenvalue weighted by Gasteiger charge is -2.06. The minimum Gasteiger partial charge on any atom is -0.355 e. The molecule has 0 aliphatic carbocycles. The number of anilines is 1. The number of aryl methyl sites for hydroxylation is 1. The molecule has 0 aliphatic heterocycles. The lowest BCUT2D eigenvalue weighted by atomic mass is 10.1. The van der Waals surface area contributed by atoms with Gasteiger partial charge < -0.3 is 14.4 Å². The zero-order chi connectivity index (χ0) is 22.8. The summed E-state index contributed by atoms with van der Waals surface area (Å²) >= 11 is 5.95. The second kappa shape index (κ2) is 8.72. The smallest absolute Gasteiger partial charge is 0.277 e. The number of halogens is 1. The van der Waals surface area contributed by atoms with Crippen molar-refractivity contribution in [2.45, 2.75) is 6.92 Å². The summed E-state index contributed by atoms with van der Waals surface area (Å²) in [4.78, 5) is 17.3. The molecule has 0 fully saturated rings. The molecule has 0 aliphatic rings. The van der Waals surface area contributed by atoms with E-state index in [1.54, 1.807) is 48.5 Å². The van der Waals surface area contributed by atoms with Crippen molar-refractivity contribution in [1.82, 2.24) is 15.3 Å². The van der Waals surface area contributed by atoms with Crippen molar-refractivity contribution in [2.24, 2.45) is 0 Å². The molecule has 7 nitrogen and oxygen atoms in total. The van der Waals surface area contributed by atoms with Gasteiger partial charge >= 0.3 is 0 Å². The van der Waals surface area contributed by atoms with Crippen LogP contribution in [-0.2, 0) is 0 Å². The summed E-state index contributed by atoms with van der Waals surface area (Å²) in [6.45, 7) is 2.00. The van der Waals surface area contributed by atoms with Crippen LogP contribution < -0.4 is 5.32 Å². The molecule has 162 valence electrons. The number of nitrogens with zero attached hydrogens (tertiary/aromatic N) is 3. The van der Waals surface area contributed by atoms with Crippen LogP contribution in [0.3, 0.4) is 0 Å². The Morgan fingerprint density at radius 3 is 2.39 bits per heavy atom. The van der Waals surface area contributed by atoms with E-state index in [-0.39, 0.29) is 11.6 Å². The zero-order valence-electron chi connectivity index (χ0n) is 17.4. The van der Waals surface area contributed by atoms with Gasteiger partial charge in [-0.15, -0.1) is 0 Å². The second-order valence-corrected chi connectivity index (χ2v) is 7.81. The van der Waals surface area contributed by atoms with Gasteiger partial charge in [0.2, 0.25) is 5.82 Å². The zero-order valence-corrected chi connectivity index (χ0v) is 18.2. The predicted molar refractivity (Wildman–Crippen MR) is 125 cm³/mol. The van der Waals surface area contributed by atoms with E-state index in [4.69, 9.17) is 20.6 Å². The Balaban J connectivity index is 1.38. The number of rotatable bonds is 5. The molecular formula is C25H17ClN4O3. The summed E-state index contributed by atoms with van der Waals surface area (Å²) in [5.41, 5.74) is 3.99. The topological polar surface area (TPSA) is 94.1 Å². The Bertz CT molecular complexity index is 1420. The van der Waals surface area contributed by atoms with Crippen molar-refractivity contribution >= 4 is 23.2 Å². The highest BCUT2D eigenvalue weighted by Crippen LogP contribution is 2.29. The Morgan fingerprint density at radius 2 is 1.61 bits per heavy atom. The van der Waals surface area contributed by atoms with E-state index in [2.05, 4.69) is 20.6 Å². The van der Waals surface area contributed by atoms with Crippen LogP contribution in [0.1, 0.15) is 16.1 Å². The van der Waals surface area contributed by atoms with Gasteiger partial charge in [0.15, 0.2) is 11.5 Å². The maximum Gasteiger partial charge on any atom is 0.277 e. The Hall–Kier alpha value is -4.23. The van der Waals surface area contributed by atoms with E-state index < -0.39 is 5.91 Å². The van der Waals surface area contributed by atoms with Crippen molar-refractivity contribution < 1.29 is 13.8 Å². The summed E-state index contributed by atoms with van der Waals surface area (Å²) in [6.07, 6.45) is 0. The molecule has 0 bridgehead atoms. The van der Waals surface area contributed by atoms with Crippen LogP contribution in [0.4, 0.5) is 5.69 Å². The van der Waals surface area contributed by atoms with E-state index >= 15 is 0 Å². The number of aromatic nitrogens is 3. The molecule has 8 heteroatoms. The number of nitrogens with one attached hydrogen (secondary N) is 1. The first-order valence-corrected chi connectivity index (χ1v) is 10.5. The third-order valence-corrected chi connectivity index (χ3v) is 5.26. The number of para-hydroxylation sites is 1. The normalized spacial score (nSPS) is 10.8. The van der Waals surface area contributed by atoms with Crippen molar-refractivity contribution in [2.75, 3.05) is 5.32 Å². The molecule has 0 unspecified atom stereocenters. The quantitative estimate of drug-likeness (QED) is 0.335. The van der Waals surface area contributed by atoms with Crippen molar-refractivity contribution in [3.8, 4) is 34.2 Å². The predicted octanol–water partition coefficient (Wildman–Crippen LogP) is 6.27. The summed E-state index contributed by atoms with van der Waals surface area (Å²) in [6, 6.07) is 23.7. The molecule has 0 radical (unpaired) electrons. The van der Waals surface area contributed by atoms with Gasteiger partial charge in [0.25, 0.3) is 11.8 Å². The lowest BCUT2D eigenvalue weighted by molar-refractivity contribution is 0.101. The molecule has 33 heavy (non-hydrogen) atoms. The molecule has 5 aromatic rings. The largest absolute Gasteiger partial charge is 0.355 e. The number of hydrogen-bond donors (Lipinski definition) is 1. The molecule has 1 N–H and O–H groups in total. The standard InChI is InChI=1S/C25H17ClN4O3/c1-15-6-8-16(9-7-15)22-14-21(29-32-22)24(31)27-20-5-3-2-4-19(20)25-28-23(30-33-25)17-10-12-18(26)13-11-17/h2-14H,1H3,(H,27,31). The molecule has 3 aromatic carbocycles. The molecular weight excluding hydrogens is 440 g/mol. The average Bonchev–Trinajstić information content (AvgIpc) is 3.51. The first-order valence-electron chi connectivity index (χ1n) is 10.1. The van der Waals surface area contributed by atoms with Gasteiger partial charge in [-0.2, -0.15) is 4.98 Å². The Morgan fingerprint density at radius 1 is 0.879 bits per heavy atom. The summed E-state index contributed by atoms with van der Waals surface area (Å²) in [7, 11) is 0. The second-order valence-electron chi connectivity index (χ2n) is 7.37. The molecule has 0 atom stereocenters. The van der Waals surface area contributed by atoms with Crippen molar-refractivity contribution in [3.63, 3.8) is 0 Å². The number of amides is 1. The fourth-order valence-electron chi connectivity index (χ4n) is 3.25. The molecule has 2 heterocycles. The lowest BCUT2D eigenvalue weighted by Crippen LogP contribution is -2.12. The van der Waals surface area contributed by atoms with Gasteiger partial charge in [0.1, 0.15) is 0 Å². The van der Waals surface area contributed by atoms with Crippen LogP contribution in [0.5, 0.6) is 0 Å². The van der Waals surface area contributed by atoms with Gasteiger partial charge in [-0.3, -0.25) is 4.79 Å². The summed E-state index contributed by atoms with van der Waals surface area (Å²) in [5, 5.41) is 11.4. The molecule has 5 rings (SSSR count). The van der Waals surface area contributed by atoms with Crippen LogP contribution in [0.15, 0.2) is 87.9 Å². The minimum atomic E-state index is -0.415. The highest BCUT2D eigenvalue weighted by molar-refractivity contribution is 6.30. The highest BCUT2D eigenvalue weighted by Gasteiger charge is 2.18. The van der Waals surface area contributed by atoms with E-state index in [1.165, 1.54) is 0 Å². The van der Waals surface area contributed by atoms with E-state index in [0.29, 0.717) is 27.9 Å². The van der Waals surface area contributed by atoms with Crippen LogP contribution in [0.2, 0.25) is 5.02 Å². The first kappa shape index (κ1) is 20.7. The van der Waals surface area contributed by atoms with Gasteiger partial charge in [-0.25, -0.2) is 0 Å². The van der Waals surface area contributed by atoms with Crippen LogP contribution in [0.25, 0.3) is 34.2 Å². The number of carbonyl (C=O) groups is 1. The minimum absolute atomic E-state index is 0.160. The highest BCUT2D eigenvalue weighted by atomic mass is 35.5. The maximum absolute atomic E-state index is 12.8. The van der Waals surface area contributed by atoms with Gasteiger partial charge in [-0.05, 0) is 43.3 Å². The molecule has 1 amide bonds. The molecule has 0 saturated carbocycles. The Labute approximate surface area is 194 Å². The van der Waals surface area contributed by atoms with Crippen molar-refractivity contribution in [1.29, 1.82) is 0 Å². The number of hydrogen-bond acceptors (Lipinski definition) is 6. The van der Waals surface area contributed by atoms with Crippen LogP contribution in [0, 0.1) is 6.92 Å². The van der Waals surface area contributed by atoms with Crippen molar-refractivity contribution in [3.05, 3.63) is 95.1 Å². The third kappa shape index (κ3) is 4.40. The fraction of sp³-hybridized carbons (Fsp3) is 0.0400. The SMILES string of the molecule is Cc1ccc(-c2cc(C(=O)Nc3ccccc3-c3nc(-c4ccc(Cl)cc4)no3)no2)cc1. The number of carbonyl (C=O) groups excluding carboxylic acids is 1. The monoisotopic (exact) mass is 456 g/mol. The molecule has 0 saturated heterocycles. The van der Waals surface area contributed by atoms with Crippen LogP contribution >= 0.6 is 11.6 Å². The third-order valence-electron chi connectivity index (χ3n) is 5.01. The van der Waals surface area contributed by atoms with E-state index in [9.17, 15) is 4.79 Å². The number of benzene rings is 3. The first-order chi connectivity index (χ1) is 16.1.